The van der Waals surface area contributed by atoms with E-state index in [1.54, 1.807) is 49.3 Å². The molecule has 4 rings (SSSR count). The van der Waals surface area contributed by atoms with Crippen molar-refractivity contribution in [1.29, 1.82) is 0 Å². The number of rotatable bonds is 7. The number of pyridine rings is 4. The van der Waals surface area contributed by atoms with Crippen molar-refractivity contribution < 1.29 is 8.42 Å². The first kappa shape index (κ1) is 20.4. The molecule has 0 aromatic carbocycles. The molecule has 31 heavy (non-hydrogen) atoms. The zero-order valence-corrected chi connectivity index (χ0v) is 17.5. The molecule has 4 heterocycles. The maximum absolute atomic E-state index is 11.7. The molecule has 0 aliphatic heterocycles. The lowest BCUT2D eigenvalue weighted by atomic mass is 9.99. The summed E-state index contributed by atoms with van der Waals surface area (Å²) in [5.74, 6) is 0.768. The third-order valence-corrected chi connectivity index (χ3v) is 5.03. The van der Waals surface area contributed by atoms with Crippen LogP contribution in [-0.2, 0) is 10.0 Å². The second kappa shape index (κ2) is 8.88. The number of aromatic nitrogens is 4. The number of anilines is 3. The van der Waals surface area contributed by atoms with E-state index in [9.17, 15) is 8.42 Å². The maximum Gasteiger partial charge on any atom is 0.230 e. The van der Waals surface area contributed by atoms with Crippen LogP contribution in [0, 0.1) is 0 Å². The fourth-order valence-electron chi connectivity index (χ4n) is 3.28. The summed E-state index contributed by atoms with van der Waals surface area (Å²) in [5, 5.41) is 0. The molecule has 0 fully saturated rings. The minimum Gasteiger partial charge on any atom is -0.313 e. The third kappa shape index (κ3) is 5.01. The molecule has 0 radical (unpaired) electrons. The fraction of sp³-hybridized carbons (Fsp3) is 0.0909. The summed E-state index contributed by atoms with van der Waals surface area (Å²) in [4.78, 5) is 19.4. The maximum atomic E-state index is 11.7. The van der Waals surface area contributed by atoms with Crippen molar-refractivity contribution in [3.05, 3.63) is 103 Å². The SMILES string of the molecule is CS(=O)(=O)Nc1cccc(N(c2cccnc2)C(c2cccnc2)c2cccnc2)n1. The van der Waals surface area contributed by atoms with Crippen molar-refractivity contribution in [2.45, 2.75) is 6.04 Å². The van der Waals surface area contributed by atoms with E-state index < -0.39 is 10.0 Å². The third-order valence-electron chi connectivity index (χ3n) is 4.45. The predicted octanol–water partition coefficient (Wildman–Crippen LogP) is 3.57. The van der Waals surface area contributed by atoms with Gasteiger partial charge in [-0.25, -0.2) is 13.4 Å². The lowest BCUT2D eigenvalue weighted by Gasteiger charge is -2.33. The highest BCUT2D eigenvalue weighted by Gasteiger charge is 2.26. The quantitative estimate of drug-likeness (QED) is 0.476. The Balaban J connectivity index is 1.91. The van der Waals surface area contributed by atoms with Crippen LogP contribution in [0.5, 0.6) is 0 Å². The Labute approximate surface area is 180 Å². The summed E-state index contributed by atoms with van der Waals surface area (Å²) in [6, 6.07) is 16.3. The van der Waals surface area contributed by atoms with Crippen LogP contribution in [0.1, 0.15) is 17.2 Å². The van der Waals surface area contributed by atoms with Gasteiger partial charge in [0.15, 0.2) is 0 Å². The molecule has 8 nitrogen and oxygen atoms in total. The van der Waals surface area contributed by atoms with E-state index in [2.05, 4.69) is 24.7 Å². The first-order chi connectivity index (χ1) is 15.0. The van der Waals surface area contributed by atoms with Gasteiger partial charge in [0.2, 0.25) is 10.0 Å². The monoisotopic (exact) mass is 432 g/mol. The smallest absolute Gasteiger partial charge is 0.230 e. The minimum atomic E-state index is -3.47. The highest BCUT2D eigenvalue weighted by atomic mass is 32.2. The summed E-state index contributed by atoms with van der Waals surface area (Å²) in [7, 11) is -3.47. The summed E-state index contributed by atoms with van der Waals surface area (Å²) < 4.78 is 25.9. The number of sulfonamides is 1. The zero-order valence-electron chi connectivity index (χ0n) is 16.7. The highest BCUT2D eigenvalue weighted by molar-refractivity contribution is 7.92. The van der Waals surface area contributed by atoms with E-state index in [4.69, 9.17) is 0 Å². The standard InChI is InChI=1S/C22H20N6O2S/c1-31(29,30)27-20-9-2-10-21(26-20)28(19-8-5-13-25-16-19)22(17-6-3-11-23-14-17)18-7-4-12-24-15-18/h2-16,22H,1H3,(H,26,27). The highest BCUT2D eigenvalue weighted by Crippen LogP contribution is 2.37. The van der Waals surface area contributed by atoms with Crippen LogP contribution >= 0.6 is 0 Å². The lowest BCUT2D eigenvalue weighted by molar-refractivity contribution is 0.606. The van der Waals surface area contributed by atoms with Crippen molar-refractivity contribution in [1.82, 2.24) is 19.9 Å². The summed E-state index contributed by atoms with van der Waals surface area (Å²) >= 11 is 0. The van der Waals surface area contributed by atoms with Gasteiger partial charge in [0.25, 0.3) is 0 Å². The summed E-state index contributed by atoms with van der Waals surface area (Å²) in [6.45, 7) is 0. The van der Waals surface area contributed by atoms with Gasteiger partial charge in [0.1, 0.15) is 11.6 Å². The topological polar surface area (TPSA) is 101 Å². The predicted molar refractivity (Wildman–Crippen MR) is 119 cm³/mol. The molecule has 0 saturated heterocycles. The molecule has 0 unspecified atom stereocenters. The van der Waals surface area contributed by atoms with Crippen molar-refractivity contribution in [2.75, 3.05) is 15.9 Å². The van der Waals surface area contributed by atoms with Gasteiger partial charge in [-0.1, -0.05) is 18.2 Å². The first-order valence-corrected chi connectivity index (χ1v) is 11.3. The van der Waals surface area contributed by atoms with Gasteiger partial charge < -0.3 is 4.90 Å². The first-order valence-electron chi connectivity index (χ1n) is 9.45. The Morgan fingerprint density at radius 2 is 1.42 bits per heavy atom. The molecular formula is C22H20N6O2S. The average molecular weight is 433 g/mol. The molecule has 4 aromatic heterocycles. The van der Waals surface area contributed by atoms with Crippen LogP contribution in [0.4, 0.5) is 17.3 Å². The summed E-state index contributed by atoms with van der Waals surface area (Å²) in [6.07, 6.45) is 11.5. The fourth-order valence-corrected chi connectivity index (χ4v) is 3.77. The van der Waals surface area contributed by atoms with Crippen LogP contribution in [0.3, 0.4) is 0 Å². The van der Waals surface area contributed by atoms with Crippen molar-refractivity contribution >= 4 is 27.3 Å². The molecule has 1 N–H and O–H groups in total. The molecule has 0 bridgehead atoms. The second-order valence-electron chi connectivity index (χ2n) is 6.81. The van der Waals surface area contributed by atoms with Crippen LogP contribution < -0.4 is 9.62 Å². The van der Waals surface area contributed by atoms with Crippen LogP contribution in [0.15, 0.2) is 91.8 Å². The molecule has 0 aliphatic carbocycles. The van der Waals surface area contributed by atoms with Crippen molar-refractivity contribution in [3.63, 3.8) is 0 Å². The van der Waals surface area contributed by atoms with E-state index in [-0.39, 0.29) is 11.9 Å². The molecule has 156 valence electrons. The van der Waals surface area contributed by atoms with Gasteiger partial charge in [-0.15, -0.1) is 0 Å². The van der Waals surface area contributed by atoms with Crippen molar-refractivity contribution in [2.24, 2.45) is 0 Å². The van der Waals surface area contributed by atoms with Gasteiger partial charge in [0.05, 0.1) is 24.2 Å². The zero-order chi connectivity index (χ0) is 21.7. The Kier molecular flexibility index (Phi) is 5.85. The van der Waals surface area contributed by atoms with Gasteiger partial charge in [-0.3, -0.25) is 19.7 Å². The van der Waals surface area contributed by atoms with E-state index >= 15 is 0 Å². The molecular weight excluding hydrogens is 412 g/mol. The normalized spacial score (nSPS) is 11.3. The summed E-state index contributed by atoms with van der Waals surface area (Å²) in [5.41, 5.74) is 2.62. The number of hydrogen-bond acceptors (Lipinski definition) is 7. The van der Waals surface area contributed by atoms with Gasteiger partial charge in [0, 0.05) is 31.0 Å². The molecule has 9 heteroatoms. The molecule has 4 aromatic rings. The number of nitrogens with one attached hydrogen (secondary N) is 1. The van der Waals surface area contributed by atoms with E-state index in [0.29, 0.717) is 5.82 Å². The molecule has 0 amide bonds. The van der Waals surface area contributed by atoms with E-state index in [1.165, 1.54) is 0 Å². The second-order valence-corrected chi connectivity index (χ2v) is 8.56. The van der Waals surface area contributed by atoms with E-state index in [0.717, 1.165) is 23.1 Å². The molecule has 0 saturated carbocycles. The lowest BCUT2D eigenvalue weighted by Crippen LogP contribution is -2.26. The average Bonchev–Trinajstić information content (AvgIpc) is 2.78. The van der Waals surface area contributed by atoms with Gasteiger partial charge >= 0.3 is 0 Å². The Hall–Kier alpha value is -3.85. The Morgan fingerprint density at radius 3 is 1.94 bits per heavy atom. The Morgan fingerprint density at radius 1 is 0.806 bits per heavy atom. The number of hydrogen-bond donors (Lipinski definition) is 1. The minimum absolute atomic E-state index is 0.227. The molecule has 0 atom stereocenters. The largest absolute Gasteiger partial charge is 0.313 e. The van der Waals surface area contributed by atoms with Crippen molar-refractivity contribution in [3.8, 4) is 0 Å². The van der Waals surface area contributed by atoms with E-state index in [1.807, 2.05) is 47.4 Å². The van der Waals surface area contributed by atoms with Crippen LogP contribution in [0.2, 0.25) is 0 Å². The number of nitrogens with zero attached hydrogens (tertiary/aromatic N) is 5. The molecule has 0 aliphatic rings. The van der Waals surface area contributed by atoms with Crippen LogP contribution in [0.25, 0.3) is 0 Å². The molecule has 0 spiro atoms. The Bertz CT molecular complexity index is 1200. The van der Waals surface area contributed by atoms with Gasteiger partial charge in [-0.05, 0) is 47.5 Å². The van der Waals surface area contributed by atoms with Gasteiger partial charge in [-0.2, -0.15) is 0 Å². The van der Waals surface area contributed by atoms with Crippen LogP contribution in [-0.4, -0.2) is 34.6 Å².